The van der Waals surface area contributed by atoms with Crippen LogP contribution in [0.15, 0.2) is 24.9 Å². The lowest BCUT2D eigenvalue weighted by Gasteiger charge is -2.39. The lowest BCUT2D eigenvalue weighted by Crippen LogP contribution is -2.57. The molecule has 0 spiro atoms. The SMILES string of the molecule is C=CC(=O)O[Si](C)(C)O[Si](C)(C)O[Si](C)(C)O[Si](C)(C)C=C. The molecule has 22 heavy (non-hydrogen) atoms. The molecule has 0 bridgehead atoms. The van der Waals surface area contributed by atoms with E-state index in [4.69, 9.17) is 16.8 Å². The molecule has 0 aliphatic heterocycles. The summed E-state index contributed by atoms with van der Waals surface area (Å²) < 4.78 is 23.9. The van der Waals surface area contributed by atoms with Gasteiger partial charge < -0.3 is 16.8 Å². The van der Waals surface area contributed by atoms with Gasteiger partial charge in [0.25, 0.3) is 0 Å². The third-order valence-electron chi connectivity index (χ3n) is 2.50. The molecule has 0 unspecified atom stereocenters. The van der Waals surface area contributed by atoms with Gasteiger partial charge in [-0.05, 0) is 52.4 Å². The molecule has 0 saturated carbocycles. The Morgan fingerprint density at radius 1 is 0.773 bits per heavy atom. The van der Waals surface area contributed by atoms with E-state index in [1.54, 1.807) is 0 Å². The van der Waals surface area contributed by atoms with Crippen molar-refractivity contribution in [1.29, 1.82) is 0 Å². The fraction of sp³-hybridized carbons (Fsp3) is 0.615. The highest BCUT2D eigenvalue weighted by atomic mass is 28.5. The Morgan fingerprint density at radius 2 is 1.18 bits per heavy atom. The summed E-state index contributed by atoms with van der Waals surface area (Å²) in [5, 5.41) is 0. The molecule has 9 heteroatoms. The molecule has 0 aliphatic carbocycles. The summed E-state index contributed by atoms with van der Waals surface area (Å²) >= 11 is 0. The Balaban J connectivity index is 4.91. The van der Waals surface area contributed by atoms with E-state index in [-0.39, 0.29) is 0 Å². The lowest BCUT2D eigenvalue weighted by atomic mass is 10.7. The monoisotopic (exact) mass is 378 g/mol. The van der Waals surface area contributed by atoms with E-state index < -0.39 is 40.0 Å². The average molecular weight is 379 g/mol. The van der Waals surface area contributed by atoms with Crippen LogP contribution in [-0.2, 0) is 21.6 Å². The maximum atomic E-state index is 11.4. The molecule has 0 aromatic rings. The van der Waals surface area contributed by atoms with Gasteiger partial charge in [0.2, 0.25) is 0 Å². The number of hydrogen-bond donors (Lipinski definition) is 0. The van der Waals surface area contributed by atoms with Gasteiger partial charge in [-0.2, -0.15) is 0 Å². The normalized spacial score (nSPS) is 13.6. The van der Waals surface area contributed by atoms with Gasteiger partial charge in [-0.25, -0.2) is 4.79 Å². The minimum atomic E-state index is -2.62. The minimum absolute atomic E-state index is 0.464. The standard InChI is InChI=1S/C13H30O5Si4/c1-11-13(14)15-20(5,6)17-22(9,10)18-21(7,8)16-19(3,4)12-2/h11-12H,1-2H2,3-10H3. The average Bonchev–Trinajstić information content (AvgIpc) is 2.22. The molecule has 0 aliphatic rings. The summed E-state index contributed by atoms with van der Waals surface area (Å²) in [6, 6.07) is 0. The highest BCUT2D eigenvalue weighted by molar-refractivity contribution is 6.90. The Bertz CT molecular complexity index is 432. The van der Waals surface area contributed by atoms with Gasteiger partial charge in [-0.3, -0.25) is 0 Å². The first-order valence-electron chi connectivity index (χ1n) is 7.23. The number of carbonyl (C=O) groups excluding carboxylic acids is 1. The first-order valence-corrected chi connectivity index (χ1v) is 18.7. The summed E-state index contributed by atoms with van der Waals surface area (Å²) in [5.74, 6) is -0.464. The number of carbonyl (C=O) groups is 1. The highest BCUT2D eigenvalue weighted by Gasteiger charge is 2.44. The van der Waals surface area contributed by atoms with Crippen LogP contribution in [0.2, 0.25) is 52.4 Å². The van der Waals surface area contributed by atoms with Crippen LogP contribution >= 0.6 is 0 Å². The molecule has 0 heterocycles. The van der Waals surface area contributed by atoms with Crippen LogP contribution in [0.4, 0.5) is 0 Å². The summed E-state index contributed by atoms with van der Waals surface area (Å²) in [6.45, 7) is 23.0. The Hall–Kier alpha value is -0.302. The second-order valence-electron chi connectivity index (χ2n) is 6.94. The van der Waals surface area contributed by atoms with Gasteiger partial charge in [-0.15, -0.1) is 6.58 Å². The zero-order valence-corrected chi connectivity index (χ0v) is 19.1. The Morgan fingerprint density at radius 3 is 1.59 bits per heavy atom. The van der Waals surface area contributed by atoms with Gasteiger partial charge in [0, 0.05) is 6.08 Å². The topological polar surface area (TPSA) is 54.0 Å². The van der Waals surface area contributed by atoms with Crippen LogP contribution in [-0.4, -0.2) is 40.0 Å². The molecule has 0 saturated heterocycles. The molecule has 0 rings (SSSR count). The zero-order chi connectivity index (χ0) is 17.8. The first-order chi connectivity index (χ1) is 9.64. The van der Waals surface area contributed by atoms with Crippen molar-refractivity contribution in [2.24, 2.45) is 0 Å². The van der Waals surface area contributed by atoms with Crippen LogP contribution in [0.1, 0.15) is 0 Å². The quantitative estimate of drug-likeness (QED) is 0.451. The van der Waals surface area contributed by atoms with Crippen molar-refractivity contribution >= 4 is 40.0 Å². The van der Waals surface area contributed by atoms with Gasteiger partial charge in [0.15, 0.2) is 8.32 Å². The van der Waals surface area contributed by atoms with Crippen molar-refractivity contribution < 1.29 is 21.6 Å². The van der Waals surface area contributed by atoms with Gasteiger partial charge >= 0.3 is 31.7 Å². The minimum Gasteiger partial charge on any atom is -0.492 e. The predicted octanol–water partition coefficient (Wildman–Crippen LogP) is 3.80. The van der Waals surface area contributed by atoms with Crippen LogP contribution < -0.4 is 0 Å². The van der Waals surface area contributed by atoms with Gasteiger partial charge in [0.1, 0.15) is 0 Å². The molecular formula is C13H30O5Si4. The summed E-state index contributed by atoms with van der Waals surface area (Å²) in [6.07, 6.45) is 1.15. The van der Waals surface area contributed by atoms with Crippen LogP contribution in [0.5, 0.6) is 0 Å². The second kappa shape index (κ2) is 7.51. The van der Waals surface area contributed by atoms with E-state index in [0.717, 1.165) is 6.08 Å². The third-order valence-corrected chi connectivity index (χ3v) is 16.1. The maximum Gasteiger partial charge on any atom is 0.386 e. The van der Waals surface area contributed by atoms with Crippen LogP contribution in [0.3, 0.4) is 0 Å². The number of hydrogen-bond acceptors (Lipinski definition) is 5. The van der Waals surface area contributed by atoms with E-state index in [1.807, 2.05) is 45.0 Å². The van der Waals surface area contributed by atoms with E-state index in [2.05, 4.69) is 26.3 Å². The molecule has 0 N–H and O–H groups in total. The van der Waals surface area contributed by atoms with Crippen molar-refractivity contribution in [1.82, 2.24) is 0 Å². The fourth-order valence-electron chi connectivity index (χ4n) is 2.21. The van der Waals surface area contributed by atoms with Gasteiger partial charge in [-0.1, -0.05) is 12.3 Å². The van der Waals surface area contributed by atoms with E-state index >= 15 is 0 Å². The Labute approximate surface area is 139 Å². The van der Waals surface area contributed by atoms with Crippen molar-refractivity contribution in [3.63, 3.8) is 0 Å². The van der Waals surface area contributed by atoms with Gasteiger partial charge in [0.05, 0.1) is 0 Å². The molecular weight excluding hydrogens is 348 g/mol. The molecule has 0 radical (unpaired) electrons. The van der Waals surface area contributed by atoms with E-state index in [0.29, 0.717) is 0 Å². The van der Waals surface area contributed by atoms with E-state index in [9.17, 15) is 4.79 Å². The van der Waals surface area contributed by atoms with Crippen molar-refractivity contribution in [3.8, 4) is 0 Å². The molecule has 0 aromatic carbocycles. The van der Waals surface area contributed by atoms with Crippen LogP contribution in [0.25, 0.3) is 0 Å². The lowest BCUT2D eigenvalue weighted by molar-refractivity contribution is -0.130. The summed E-state index contributed by atoms with van der Waals surface area (Å²) in [7, 11) is -9.38. The van der Waals surface area contributed by atoms with Crippen molar-refractivity contribution in [2.75, 3.05) is 0 Å². The molecule has 5 nitrogen and oxygen atoms in total. The van der Waals surface area contributed by atoms with Crippen molar-refractivity contribution in [3.05, 3.63) is 24.9 Å². The second-order valence-corrected chi connectivity index (χ2v) is 21.6. The van der Waals surface area contributed by atoms with E-state index in [1.165, 1.54) is 0 Å². The largest absolute Gasteiger partial charge is 0.492 e. The number of rotatable bonds is 9. The summed E-state index contributed by atoms with van der Waals surface area (Å²) in [5.41, 5.74) is 1.89. The first kappa shape index (κ1) is 21.7. The molecule has 0 atom stereocenters. The molecule has 0 amide bonds. The molecule has 0 aromatic heterocycles. The van der Waals surface area contributed by atoms with Crippen molar-refractivity contribution in [2.45, 2.75) is 52.4 Å². The van der Waals surface area contributed by atoms with Crippen LogP contribution in [0, 0.1) is 0 Å². The zero-order valence-electron chi connectivity index (χ0n) is 15.1. The maximum absolute atomic E-state index is 11.4. The Kier molecular flexibility index (Phi) is 7.41. The fourth-order valence-corrected chi connectivity index (χ4v) is 18.9. The molecule has 0 fully saturated rings. The highest BCUT2D eigenvalue weighted by Crippen LogP contribution is 2.24. The predicted molar refractivity (Wildman–Crippen MR) is 99.7 cm³/mol. The third kappa shape index (κ3) is 8.98. The summed E-state index contributed by atoms with van der Waals surface area (Å²) in [4.78, 5) is 11.4. The smallest absolute Gasteiger partial charge is 0.386 e. The molecule has 128 valence electrons.